The van der Waals surface area contributed by atoms with E-state index in [9.17, 15) is 14.7 Å². The number of benzene rings is 2. The number of piperazine rings is 1. The van der Waals surface area contributed by atoms with Gasteiger partial charge in [0.15, 0.2) is 0 Å². The standard InChI is InChI=1S/C19H20N2O3/c1-14-2-4-15(5-3-14)18(22)21-12-10-20(11-13-21)17-8-6-16(7-9-17)19(23)24/h2-9H,10-13H2,1H3,(H,23,24)/p-1. The summed E-state index contributed by atoms with van der Waals surface area (Å²) in [6.45, 7) is 4.74. The Kier molecular flexibility index (Phi) is 4.51. The molecule has 0 unspecified atom stereocenters. The minimum atomic E-state index is -1.17. The molecule has 2 aromatic rings. The van der Waals surface area contributed by atoms with Gasteiger partial charge in [0.25, 0.3) is 5.91 Å². The topological polar surface area (TPSA) is 63.7 Å². The molecule has 0 saturated carbocycles. The van der Waals surface area contributed by atoms with Crippen molar-refractivity contribution in [2.24, 2.45) is 0 Å². The fourth-order valence-corrected chi connectivity index (χ4v) is 2.85. The van der Waals surface area contributed by atoms with Gasteiger partial charge in [-0.2, -0.15) is 0 Å². The molecule has 0 bridgehead atoms. The van der Waals surface area contributed by atoms with Crippen LogP contribution in [0, 0.1) is 6.92 Å². The lowest BCUT2D eigenvalue weighted by molar-refractivity contribution is -0.255. The zero-order chi connectivity index (χ0) is 17.1. The lowest BCUT2D eigenvalue weighted by Crippen LogP contribution is -2.48. The van der Waals surface area contributed by atoms with Crippen LogP contribution in [0.1, 0.15) is 26.3 Å². The van der Waals surface area contributed by atoms with Crippen LogP contribution in [-0.2, 0) is 0 Å². The van der Waals surface area contributed by atoms with Crippen LogP contribution >= 0.6 is 0 Å². The molecule has 1 aliphatic rings. The van der Waals surface area contributed by atoms with Crippen molar-refractivity contribution in [3.63, 3.8) is 0 Å². The maximum Gasteiger partial charge on any atom is 0.253 e. The fourth-order valence-electron chi connectivity index (χ4n) is 2.85. The van der Waals surface area contributed by atoms with Crippen LogP contribution < -0.4 is 10.0 Å². The molecule has 0 radical (unpaired) electrons. The molecule has 5 nitrogen and oxygen atoms in total. The SMILES string of the molecule is Cc1ccc(C(=O)N2CCN(c3ccc(C(=O)[O-])cc3)CC2)cc1. The Morgan fingerprint density at radius 1 is 0.833 bits per heavy atom. The first-order valence-corrected chi connectivity index (χ1v) is 7.97. The number of aromatic carboxylic acids is 1. The summed E-state index contributed by atoms with van der Waals surface area (Å²) in [5.41, 5.74) is 2.98. The summed E-state index contributed by atoms with van der Waals surface area (Å²) >= 11 is 0. The summed E-state index contributed by atoms with van der Waals surface area (Å²) in [7, 11) is 0. The largest absolute Gasteiger partial charge is 0.545 e. The first-order valence-electron chi connectivity index (χ1n) is 7.97. The molecular formula is C19H19N2O3-. The van der Waals surface area contributed by atoms with Crippen molar-refractivity contribution in [2.45, 2.75) is 6.92 Å². The number of nitrogens with zero attached hydrogens (tertiary/aromatic N) is 2. The Balaban J connectivity index is 1.62. The van der Waals surface area contributed by atoms with Crippen LogP contribution in [0.2, 0.25) is 0 Å². The minimum Gasteiger partial charge on any atom is -0.545 e. The van der Waals surface area contributed by atoms with E-state index in [0.29, 0.717) is 18.7 Å². The van der Waals surface area contributed by atoms with Gasteiger partial charge in [-0.05, 0) is 36.8 Å². The number of carbonyl (C=O) groups excluding carboxylic acids is 2. The number of carboxylic acids is 1. The molecule has 5 heteroatoms. The van der Waals surface area contributed by atoms with Gasteiger partial charge in [0, 0.05) is 37.4 Å². The van der Waals surface area contributed by atoms with Gasteiger partial charge in [-0.3, -0.25) is 4.79 Å². The third-order valence-electron chi connectivity index (χ3n) is 4.33. The highest BCUT2D eigenvalue weighted by Gasteiger charge is 2.22. The third kappa shape index (κ3) is 3.40. The summed E-state index contributed by atoms with van der Waals surface area (Å²) in [4.78, 5) is 27.3. The molecule has 2 aromatic carbocycles. The van der Waals surface area contributed by atoms with Gasteiger partial charge in [-0.15, -0.1) is 0 Å². The van der Waals surface area contributed by atoms with E-state index in [1.165, 1.54) is 0 Å². The second-order valence-electron chi connectivity index (χ2n) is 5.98. The number of hydrogen-bond donors (Lipinski definition) is 0. The molecule has 0 aromatic heterocycles. The summed E-state index contributed by atoms with van der Waals surface area (Å²) in [6, 6.07) is 14.3. The van der Waals surface area contributed by atoms with Crippen LogP contribution in [0.15, 0.2) is 48.5 Å². The van der Waals surface area contributed by atoms with Crippen LogP contribution in [0.3, 0.4) is 0 Å². The number of hydrogen-bond acceptors (Lipinski definition) is 4. The molecule has 3 rings (SSSR count). The minimum absolute atomic E-state index is 0.0574. The van der Waals surface area contributed by atoms with E-state index in [-0.39, 0.29) is 11.5 Å². The Labute approximate surface area is 141 Å². The predicted molar refractivity (Wildman–Crippen MR) is 90.1 cm³/mol. The molecule has 1 amide bonds. The first-order chi connectivity index (χ1) is 11.5. The zero-order valence-electron chi connectivity index (χ0n) is 13.6. The van der Waals surface area contributed by atoms with E-state index in [2.05, 4.69) is 4.90 Å². The maximum atomic E-state index is 12.5. The Bertz CT molecular complexity index is 730. The van der Waals surface area contributed by atoms with Gasteiger partial charge in [0.1, 0.15) is 0 Å². The molecule has 1 aliphatic heterocycles. The molecule has 124 valence electrons. The summed E-state index contributed by atoms with van der Waals surface area (Å²) in [5.74, 6) is -1.11. The van der Waals surface area contributed by atoms with E-state index >= 15 is 0 Å². The van der Waals surface area contributed by atoms with Gasteiger partial charge in [-0.1, -0.05) is 29.8 Å². The molecule has 0 spiro atoms. The molecule has 0 N–H and O–H groups in total. The van der Waals surface area contributed by atoms with Gasteiger partial charge >= 0.3 is 0 Å². The van der Waals surface area contributed by atoms with Crippen LogP contribution in [-0.4, -0.2) is 43.0 Å². The second kappa shape index (κ2) is 6.74. The second-order valence-corrected chi connectivity index (χ2v) is 5.98. The van der Waals surface area contributed by atoms with E-state index < -0.39 is 5.97 Å². The van der Waals surface area contributed by atoms with Crippen LogP contribution in [0.25, 0.3) is 0 Å². The van der Waals surface area contributed by atoms with E-state index in [1.807, 2.05) is 36.1 Å². The summed E-state index contributed by atoms with van der Waals surface area (Å²) in [5, 5.41) is 10.8. The molecule has 1 heterocycles. The number of anilines is 1. The Morgan fingerprint density at radius 2 is 1.38 bits per heavy atom. The van der Waals surface area contributed by atoms with Crippen molar-refractivity contribution >= 4 is 17.6 Å². The predicted octanol–water partition coefficient (Wildman–Crippen LogP) is 1.32. The highest BCUT2D eigenvalue weighted by Crippen LogP contribution is 2.18. The van der Waals surface area contributed by atoms with Gasteiger partial charge < -0.3 is 19.7 Å². The van der Waals surface area contributed by atoms with Gasteiger partial charge in [0.2, 0.25) is 0 Å². The van der Waals surface area contributed by atoms with Crippen molar-refractivity contribution in [1.82, 2.24) is 4.90 Å². The zero-order valence-corrected chi connectivity index (χ0v) is 13.6. The van der Waals surface area contributed by atoms with Crippen molar-refractivity contribution in [1.29, 1.82) is 0 Å². The number of carbonyl (C=O) groups is 2. The van der Waals surface area contributed by atoms with Crippen molar-refractivity contribution in [3.8, 4) is 0 Å². The third-order valence-corrected chi connectivity index (χ3v) is 4.33. The molecule has 24 heavy (non-hydrogen) atoms. The highest BCUT2D eigenvalue weighted by molar-refractivity contribution is 5.94. The van der Waals surface area contributed by atoms with Crippen molar-refractivity contribution in [2.75, 3.05) is 31.1 Å². The van der Waals surface area contributed by atoms with Crippen LogP contribution in [0.4, 0.5) is 5.69 Å². The fraction of sp³-hybridized carbons (Fsp3) is 0.263. The quantitative estimate of drug-likeness (QED) is 0.855. The maximum absolute atomic E-state index is 12.5. The molecule has 1 saturated heterocycles. The lowest BCUT2D eigenvalue weighted by Gasteiger charge is -2.36. The molecule has 0 atom stereocenters. The molecular weight excluding hydrogens is 304 g/mol. The van der Waals surface area contributed by atoms with Crippen molar-refractivity contribution in [3.05, 3.63) is 65.2 Å². The van der Waals surface area contributed by atoms with E-state index in [1.54, 1.807) is 24.3 Å². The van der Waals surface area contributed by atoms with Gasteiger partial charge in [0.05, 0.1) is 5.97 Å². The number of carboxylic acid groups (broad SMARTS) is 1. The molecule has 1 fully saturated rings. The number of aryl methyl sites for hydroxylation is 1. The van der Waals surface area contributed by atoms with E-state index in [4.69, 9.17) is 0 Å². The average molecular weight is 323 g/mol. The average Bonchev–Trinajstić information content (AvgIpc) is 2.62. The Hall–Kier alpha value is -2.82. The lowest BCUT2D eigenvalue weighted by atomic mass is 10.1. The van der Waals surface area contributed by atoms with E-state index in [0.717, 1.165) is 24.3 Å². The number of rotatable bonds is 3. The van der Waals surface area contributed by atoms with Crippen LogP contribution in [0.5, 0.6) is 0 Å². The van der Waals surface area contributed by atoms with Crippen molar-refractivity contribution < 1.29 is 14.7 Å². The number of amides is 1. The first kappa shape index (κ1) is 16.1. The monoisotopic (exact) mass is 323 g/mol. The van der Waals surface area contributed by atoms with Gasteiger partial charge in [-0.25, -0.2) is 0 Å². The normalized spacial score (nSPS) is 14.5. The summed E-state index contributed by atoms with van der Waals surface area (Å²) < 4.78 is 0. The smallest absolute Gasteiger partial charge is 0.253 e. The summed E-state index contributed by atoms with van der Waals surface area (Å²) in [6.07, 6.45) is 0. The Morgan fingerprint density at radius 3 is 1.92 bits per heavy atom. The highest BCUT2D eigenvalue weighted by atomic mass is 16.4. The molecule has 0 aliphatic carbocycles.